The Labute approximate surface area is 116 Å². The lowest BCUT2D eigenvalue weighted by molar-refractivity contribution is -0.139. The Bertz CT molecular complexity index is 499. The van der Waals surface area contributed by atoms with E-state index in [1.54, 1.807) is 0 Å². The molecule has 1 rings (SSSR count). The number of carboxylic acids is 1. The summed E-state index contributed by atoms with van der Waals surface area (Å²) >= 11 is 0. The van der Waals surface area contributed by atoms with Crippen molar-refractivity contribution < 1.29 is 19.5 Å². The molecule has 1 aromatic heterocycles. The molecule has 0 aromatic carbocycles. The number of hydrogen-bond acceptors (Lipinski definition) is 4. The standard InChI is InChI=1S/C13H17N3O4/c1-3-4-10(13(19)20)16-11(17)8-5-6-9(15-7-8)12(18)14-2/h5-7,10H,3-4H2,1-2H3,(H,14,18)(H,16,17)(H,19,20). The number of nitrogens with one attached hydrogen (secondary N) is 2. The summed E-state index contributed by atoms with van der Waals surface area (Å²) < 4.78 is 0. The van der Waals surface area contributed by atoms with Crippen molar-refractivity contribution >= 4 is 17.8 Å². The van der Waals surface area contributed by atoms with Gasteiger partial charge in [-0.15, -0.1) is 0 Å². The van der Waals surface area contributed by atoms with Gasteiger partial charge in [0.25, 0.3) is 11.8 Å². The highest BCUT2D eigenvalue weighted by Gasteiger charge is 2.19. The number of amides is 2. The van der Waals surface area contributed by atoms with Crippen LogP contribution >= 0.6 is 0 Å². The number of rotatable bonds is 6. The predicted octanol–water partition coefficient (Wildman–Crippen LogP) is 0.424. The number of aromatic nitrogens is 1. The predicted molar refractivity (Wildman–Crippen MR) is 71.4 cm³/mol. The summed E-state index contributed by atoms with van der Waals surface area (Å²) in [5, 5.41) is 13.8. The quantitative estimate of drug-likeness (QED) is 0.699. The molecule has 3 N–H and O–H groups in total. The van der Waals surface area contributed by atoms with Gasteiger partial charge in [-0.2, -0.15) is 0 Å². The largest absolute Gasteiger partial charge is 0.480 e. The number of carboxylic acid groups (broad SMARTS) is 1. The third-order valence-electron chi connectivity index (χ3n) is 2.67. The highest BCUT2D eigenvalue weighted by atomic mass is 16.4. The van der Waals surface area contributed by atoms with Crippen molar-refractivity contribution in [3.8, 4) is 0 Å². The average Bonchev–Trinajstić information content (AvgIpc) is 2.45. The van der Waals surface area contributed by atoms with Crippen LogP contribution in [0.2, 0.25) is 0 Å². The molecular formula is C13H17N3O4. The minimum Gasteiger partial charge on any atom is -0.480 e. The molecule has 0 radical (unpaired) electrons. The SMILES string of the molecule is CCCC(NC(=O)c1ccc(C(=O)NC)nc1)C(=O)O. The highest BCUT2D eigenvalue weighted by molar-refractivity contribution is 5.97. The Kier molecular flexibility index (Phi) is 5.64. The number of carbonyl (C=O) groups excluding carboxylic acids is 2. The van der Waals surface area contributed by atoms with Crippen LogP contribution < -0.4 is 10.6 Å². The fraction of sp³-hybridized carbons (Fsp3) is 0.385. The summed E-state index contributed by atoms with van der Waals surface area (Å²) in [4.78, 5) is 38.0. The molecule has 7 heteroatoms. The molecular weight excluding hydrogens is 262 g/mol. The van der Waals surface area contributed by atoms with E-state index in [1.165, 1.54) is 25.4 Å². The molecule has 0 aliphatic carbocycles. The van der Waals surface area contributed by atoms with E-state index in [0.29, 0.717) is 12.8 Å². The zero-order chi connectivity index (χ0) is 15.1. The van der Waals surface area contributed by atoms with Crippen molar-refractivity contribution in [2.75, 3.05) is 7.05 Å². The maximum absolute atomic E-state index is 11.9. The van der Waals surface area contributed by atoms with Gasteiger partial charge >= 0.3 is 5.97 Å². The van der Waals surface area contributed by atoms with E-state index in [4.69, 9.17) is 5.11 Å². The van der Waals surface area contributed by atoms with Crippen LogP contribution in [0.25, 0.3) is 0 Å². The van der Waals surface area contributed by atoms with Gasteiger partial charge in [0, 0.05) is 13.2 Å². The van der Waals surface area contributed by atoms with Crippen LogP contribution in [-0.4, -0.2) is 41.0 Å². The summed E-state index contributed by atoms with van der Waals surface area (Å²) in [6, 6.07) is 1.91. The lowest BCUT2D eigenvalue weighted by atomic mass is 10.1. The third-order valence-corrected chi connectivity index (χ3v) is 2.67. The van der Waals surface area contributed by atoms with Gasteiger partial charge in [0.2, 0.25) is 0 Å². The Morgan fingerprint density at radius 1 is 1.30 bits per heavy atom. The van der Waals surface area contributed by atoms with Crippen LogP contribution in [0.4, 0.5) is 0 Å². The number of carbonyl (C=O) groups is 3. The molecule has 1 aromatic rings. The van der Waals surface area contributed by atoms with Crippen molar-refractivity contribution in [2.45, 2.75) is 25.8 Å². The van der Waals surface area contributed by atoms with Gasteiger partial charge in [0.15, 0.2) is 0 Å². The van der Waals surface area contributed by atoms with Crippen LogP contribution in [0.5, 0.6) is 0 Å². The molecule has 0 spiro atoms. The first kappa shape index (κ1) is 15.6. The van der Waals surface area contributed by atoms with Crippen LogP contribution in [0.1, 0.15) is 40.6 Å². The van der Waals surface area contributed by atoms with Crippen LogP contribution in [0, 0.1) is 0 Å². The lowest BCUT2D eigenvalue weighted by Crippen LogP contribution is -2.40. The van der Waals surface area contributed by atoms with Crippen LogP contribution in [0.3, 0.4) is 0 Å². The van der Waals surface area contributed by atoms with Crippen LogP contribution in [-0.2, 0) is 4.79 Å². The molecule has 0 bridgehead atoms. The maximum atomic E-state index is 11.9. The van der Waals surface area contributed by atoms with E-state index >= 15 is 0 Å². The fourth-order valence-electron chi connectivity index (χ4n) is 1.58. The molecule has 0 saturated carbocycles. The number of aliphatic carboxylic acids is 1. The van der Waals surface area contributed by atoms with Crippen molar-refractivity contribution in [1.29, 1.82) is 0 Å². The van der Waals surface area contributed by atoms with Crippen molar-refractivity contribution in [3.05, 3.63) is 29.6 Å². The summed E-state index contributed by atoms with van der Waals surface area (Å²) in [5.41, 5.74) is 0.396. The van der Waals surface area contributed by atoms with E-state index in [1.807, 2.05) is 6.92 Å². The summed E-state index contributed by atoms with van der Waals surface area (Å²) in [7, 11) is 1.48. The molecule has 1 unspecified atom stereocenters. The lowest BCUT2D eigenvalue weighted by Gasteiger charge is -2.13. The first-order chi connectivity index (χ1) is 9.49. The van der Waals surface area contributed by atoms with Crippen molar-refractivity contribution in [1.82, 2.24) is 15.6 Å². The van der Waals surface area contributed by atoms with Gasteiger partial charge < -0.3 is 15.7 Å². The molecule has 1 heterocycles. The third kappa shape index (κ3) is 4.04. The molecule has 0 saturated heterocycles. The topological polar surface area (TPSA) is 108 Å². The minimum atomic E-state index is -1.07. The minimum absolute atomic E-state index is 0.187. The number of pyridine rings is 1. The fourth-order valence-corrected chi connectivity index (χ4v) is 1.58. The highest BCUT2D eigenvalue weighted by Crippen LogP contribution is 2.03. The second kappa shape index (κ2) is 7.22. The van der Waals surface area contributed by atoms with E-state index in [2.05, 4.69) is 15.6 Å². The smallest absolute Gasteiger partial charge is 0.326 e. The molecule has 0 fully saturated rings. The molecule has 0 aliphatic rings. The van der Waals surface area contributed by atoms with E-state index in [9.17, 15) is 14.4 Å². The number of nitrogens with zero attached hydrogens (tertiary/aromatic N) is 1. The molecule has 108 valence electrons. The molecule has 0 aliphatic heterocycles. The molecule has 2 amide bonds. The Morgan fingerprint density at radius 2 is 2.00 bits per heavy atom. The Morgan fingerprint density at radius 3 is 2.45 bits per heavy atom. The second-order valence-electron chi connectivity index (χ2n) is 4.16. The Balaban J connectivity index is 2.77. The summed E-state index contributed by atoms with van der Waals surface area (Å²) in [6.07, 6.45) is 2.24. The van der Waals surface area contributed by atoms with E-state index in [-0.39, 0.29) is 17.2 Å². The van der Waals surface area contributed by atoms with Crippen molar-refractivity contribution in [3.63, 3.8) is 0 Å². The van der Waals surface area contributed by atoms with Gasteiger partial charge in [-0.05, 0) is 18.6 Å². The average molecular weight is 279 g/mol. The normalized spacial score (nSPS) is 11.5. The van der Waals surface area contributed by atoms with Gasteiger partial charge in [-0.3, -0.25) is 14.6 Å². The Hall–Kier alpha value is -2.44. The van der Waals surface area contributed by atoms with Crippen molar-refractivity contribution in [2.24, 2.45) is 0 Å². The molecule has 1 atom stereocenters. The maximum Gasteiger partial charge on any atom is 0.326 e. The first-order valence-corrected chi connectivity index (χ1v) is 6.21. The van der Waals surface area contributed by atoms with Gasteiger partial charge in [-0.1, -0.05) is 13.3 Å². The zero-order valence-corrected chi connectivity index (χ0v) is 11.3. The second-order valence-corrected chi connectivity index (χ2v) is 4.16. The van der Waals surface area contributed by atoms with Crippen LogP contribution in [0.15, 0.2) is 18.3 Å². The summed E-state index contributed by atoms with van der Waals surface area (Å²) in [6.45, 7) is 1.84. The van der Waals surface area contributed by atoms with Gasteiger partial charge in [0.05, 0.1) is 5.56 Å². The van der Waals surface area contributed by atoms with E-state index < -0.39 is 17.9 Å². The molecule has 20 heavy (non-hydrogen) atoms. The number of hydrogen-bond donors (Lipinski definition) is 3. The molecule has 7 nitrogen and oxygen atoms in total. The van der Waals surface area contributed by atoms with Gasteiger partial charge in [-0.25, -0.2) is 4.79 Å². The van der Waals surface area contributed by atoms with E-state index in [0.717, 1.165) is 0 Å². The monoisotopic (exact) mass is 279 g/mol. The zero-order valence-electron chi connectivity index (χ0n) is 11.3. The van der Waals surface area contributed by atoms with Gasteiger partial charge in [0.1, 0.15) is 11.7 Å². The first-order valence-electron chi connectivity index (χ1n) is 6.21. The summed E-state index contributed by atoms with van der Waals surface area (Å²) in [5.74, 6) is -1.96.